The summed E-state index contributed by atoms with van der Waals surface area (Å²) in [6, 6.07) is 8.68. The molecule has 0 aliphatic rings. The molecule has 0 bridgehead atoms. The van der Waals surface area contributed by atoms with Crippen LogP contribution in [0.25, 0.3) is 0 Å². The molecule has 20 heavy (non-hydrogen) atoms. The molecule has 0 fully saturated rings. The van der Waals surface area contributed by atoms with Crippen molar-refractivity contribution in [2.45, 2.75) is 4.90 Å². The van der Waals surface area contributed by atoms with Crippen molar-refractivity contribution in [2.24, 2.45) is 0 Å². The molecule has 0 amide bonds. The minimum absolute atomic E-state index is 0.0345. The number of halogens is 3. The molecule has 2 rings (SSSR count). The number of nitrogens with one attached hydrogen (secondary N) is 1. The summed E-state index contributed by atoms with van der Waals surface area (Å²) in [7, 11) is -3.86. The number of benzene rings is 2. The third kappa shape index (κ3) is 3.12. The molecule has 0 heterocycles. The van der Waals surface area contributed by atoms with Crippen LogP contribution in [-0.2, 0) is 10.0 Å². The van der Waals surface area contributed by atoms with Gasteiger partial charge in [0.25, 0.3) is 10.0 Å². The second-order valence-electron chi connectivity index (χ2n) is 3.89. The summed E-state index contributed by atoms with van der Waals surface area (Å²) >= 11 is 17.7. The van der Waals surface area contributed by atoms with Gasteiger partial charge >= 0.3 is 0 Å². The molecule has 0 spiro atoms. The molecule has 0 aliphatic carbocycles. The monoisotopic (exact) mass is 350 g/mol. The van der Waals surface area contributed by atoms with Gasteiger partial charge in [0.2, 0.25) is 0 Å². The second-order valence-corrected chi connectivity index (χ2v) is 6.79. The normalized spacial score (nSPS) is 11.3. The van der Waals surface area contributed by atoms with Gasteiger partial charge in [0.05, 0.1) is 31.3 Å². The largest absolute Gasteiger partial charge is 0.398 e. The number of rotatable bonds is 3. The van der Waals surface area contributed by atoms with Gasteiger partial charge in [0, 0.05) is 0 Å². The van der Waals surface area contributed by atoms with E-state index in [0.717, 1.165) is 0 Å². The second kappa shape index (κ2) is 5.69. The number of hydrogen-bond acceptors (Lipinski definition) is 3. The van der Waals surface area contributed by atoms with Crippen molar-refractivity contribution in [3.63, 3.8) is 0 Å². The Kier molecular flexibility index (Phi) is 4.34. The van der Waals surface area contributed by atoms with Crippen LogP contribution < -0.4 is 10.5 Å². The SMILES string of the molecule is Nc1ccc(S(=O)(=O)Nc2c(Cl)cccc2Cl)cc1Cl. The van der Waals surface area contributed by atoms with Crippen molar-refractivity contribution >= 4 is 56.2 Å². The first kappa shape index (κ1) is 15.3. The van der Waals surface area contributed by atoms with Gasteiger partial charge in [0.15, 0.2) is 0 Å². The van der Waals surface area contributed by atoms with Crippen molar-refractivity contribution in [1.29, 1.82) is 0 Å². The van der Waals surface area contributed by atoms with E-state index in [4.69, 9.17) is 40.5 Å². The standard InChI is InChI=1S/C12H9Cl3N2O2S/c13-8-2-1-3-9(14)12(8)17-20(18,19)7-4-5-11(16)10(15)6-7/h1-6,17H,16H2. The van der Waals surface area contributed by atoms with E-state index in [9.17, 15) is 8.42 Å². The van der Waals surface area contributed by atoms with Crippen molar-refractivity contribution in [2.75, 3.05) is 10.5 Å². The zero-order valence-corrected chi connectivity index (χ0v) is 13.0. The van der Waals surface area contributed by atoms with E-state index in [-0.39, 0.29) is 25.7 Å². The van der Waals surface area contributed by atoms with Crippen LogP contribution in [0.3, 0.4) is 0 Å². The van der Waals surface area contributed by atoms with E-state index in [1.165, 1.54) is 30.3 Å². The number of para-hydroxylation sites is 1. The van der Waals surface area contributed by atoms with Crippen LogP contribution in [-0.4, -0.2) is 8.42 Å². The Labute approximate surface area is 131 Å². The predicted molar refractivity (Wildman–Crippen MR) is 83.1 cm³/mol. The van der Waals surface area contributed by atoms with Gasteiger partial charge < -0.3 is 5.73 Å². The number of nitrogens with two attached hydrogens (primary N) is 1. The van der Waals surface area contributed by atoms with E-state index in [1.807, 2.05) is 0 Å². The molecule has 0 radical (unpaired) electrons. The number of sulfonamides is 1. The van der Waals surface area contributed by atoms with E-state index >= 15 is 0 Å². The van der Waals surface area contributed by atoms with Crippen LogP contribution in [0.4, 0.5) is 11.4 Å². The fraction of sp³-hybridized carbons (Fsp3) is 0. The average Bonchev–Trinajstić information content (AvgIpc) is 2.37. The van der Waals surface area contributed by atoms with Gasteiger partial charge in [-0.2, -0.15) is 0 Å². The Morgan fingerprint density at radius 3 is 2.10 bits per heavy atom. The molecule has 106 valence electrons. The Hall–Kier alpha value is -1.14. The molecular weight excluding hydrogens is 343 g/mol. The maximum absolute atomic E-state index is 12.2. The van der Waals surface area contributed by atoms with E-state index in [1.54, 1.807) is 6.07 Å². The summed E-state index contributed by atoms with van der Waals surface area (Å²) in [6.07, 6.45) is 0. The topological polar surface area (TPSA) is 72.2 Å². The molecule has 0 saturated heterocycles. The lowest BCUT2D eigenvalue weighted by atomic mass is 10.3. The minimum Gasteiger partial charge on any atom is -0.398 e. The molecule has 4 nitrogen and oxygen atoms in total. The molecule has 2 aromatic rings. The van der Waals surface area contributed by atoms with Gasteiger partial charge in [-0.25, -0.2) is 8.42 Å². The van der Waals surface area contributed by atoms with E-state index < -0.39 is 10.0 Å². The highest BCUT2D eigenvalue weighted by Crippen LogP contribution is 2.32. The molecular formula is C12H9Cl3N2O2S. The van der Waals surface area contributed by atoms with Gasteiger partial charge in [-0.15, -0.1) is 0 Å². The maximum atomic E-state index is 12.2. The van der Waals surface area contributed by atoms with Gasteiger partial charge in [-0.3, -0.25) is 4.72 Å². The predicted octanol–water partition coefficient (Wildman–Crippen LogP) is 4.03. The van der Waals surface area contributed by atoms with Crippen LogP contribution in [0.15, 0.2) is 41.3 Å². The van der Waals surface area contributed by atoms with Crippen LogP contribution in [0.1, 0.15) is 0 Å². The molecule has 2 aromatic carbocycles. The molecule has 0 saturated carbocycles. The third-order valence-electron chi connectivity index (χ3n) is 2.48. The van der Waals surface area contributed by atoms with Crippen molar-refractivity contribution < 1.29 is 8.42 Å². The highest BCUT2D eigenvalue weighted by atomic mass is 35.5. The number of anilines is 2. The highest BCUT2D eigenvalue weighted by molar-refractivity contribution is 7.92. The van der Waals surface area contributed by atoms with E-state index in [0.29, 0.717) is 5.69 Å². The summed E-state index contributed by atoms with van der Waals surface area (Å²) in [5.74, 6) is 0. The first-order chi connectivity index (χ1) is 9.31. The van der Waals surface area contributed by atoms with Crippen LogP contribution in [0, 0.1) is 0 Å². The molecule has 0 unspecified atom stereocenters. The third-order valence-corrected chi connectivity index (χ3v) is 4.79. The highest BCUT2D eigenvalue weighted by Gasteiger charge is 2.18. The average molecular weight is 352 g/mol. The molecule has 3 N–H and O–H groups in total. The van der Waals surface area contributed by atoms with Crippen LogP contribution in [0.5, 0.6) is 0 Å². The maximum Gasteiger partial charge on any atom is 0.262 e. The summed E-state index contributed by atoms with van der Waals surface area (Å²) in [4.78, 5) is -0.0345. The summed E-state index contributed by atoms with van der Waals surface area (Å²) in [5.41, 5.74) is 5.95. The first-order valence-electron chi connectivity index (χ1n) is 5.33. The summed E-state index contributed by atoms with van der Waals surface area (Å²) in [5, 5.41) is 0.545. The molecule has 8 heteroatoms. The molecule has 0 aliphatic heterocycles. The smallest absolute Gasteiger partial charge is 0.262 e. The van der Waals surface area contributed by atoms with Gasteiger partial charge in [-0.05, 0) is 30.3 Å². The van der Waals surface area contributed by atoms with Gasteiger partial charge in [-0.1, -0.05) is 40.9 Å². The van der Waals surface area contributed by atoms with Gasteiger partial charge in [0.1, 0.15) is 0 Å². The summed E-state index contributed by atoms with van der Waals surface area (Å²) < 4.78 is 26.8. The van der Waals surface area contributed by atoms with Crippen molar-refractivity contribution in [3.8, 4) is 0 Å². The Balaban J connectivity index is 2.43. The van der Waals surface area contributed by atoms with E-state index in [2.05, 4.69) is 4.72 Å². The lowest BCUT2D eigenvalue weighted by molar-refractivity contribution is 0.601. The fourth-order valence-electron chi connectivity index (χ4n) is 1.46. The lowest BCUT2D eigenvalue weighted by Gasteiger charge is -2.11. The first-order valence-corrected chi connectivity index (χ1v) is 7.95. The lowest BCUT2D eigenvalue weighted by Crippen LogP contribution is -2.13. The number of hydrogen-bond donors (Lipinski definition) is 2. The zero-order chi connectivity index (χ0) is 14.9. The summed E-state index contributed by atoms with van der Waals surface area (Å²) in [6.45, 7) is 0. The van der Waals surface area contributed by atoms with Crippen LogP contribution >= 0.6 is 34.8 Å². The Morgan fingerprint density at radius 2 is 1.55 bits per heavy atom. The quantitative estimate of drug-likeness (QED) is 0.820. The Bertz CT molecular complexity index is 743. The van der Waals surface area contributed by atoms with Crippen molar-refractivity contribution in [1.82, 2.24) is 0 Å². The zero-order valence-electron chi connectivity index (χ0n) is 9.90. The Morgan fingerprint density at radius 1 is 0.950 bits per heavy atom. The number of nitrogen functional groups attached to an aromatic ring is 1. The van der Waals surface area contributed by atoms with Crippen LogP contribution in [0.2, 0.25) is 15.1 Å². The fourth-order valence-corrected chi connectivity index (χ4v) is 3.44. The van der Waals surface area contributed by atoms with Crippen molar-refractivity contribution in [3.05, 3.63) is 51.5 Å². The minimum atomic E-state index is -3.86. The molecule has 0 aromatic heterocycles. The molecule has 0 atom stereocenters.